The Bertz CT molecular complexity index is 477. The summed E-state index contributed by atoms with van der Waals surface area (Å²) in [6.07, 6.45) is 1.24. The fourth-order valence-corrected chi connectivity index (χ4v) is 2.33. The molecule has 0 bridgehead atoms. The Balaban J connectivity index is 2.76. The van der Waals surface area contributed by atoms with Gasteiger partial charge >= 0.3 is 0 Å². The minimum Gasteiger partial charge on any atom is -0.213 e. The van der Waals surface area contributed by atoms with Crippen LogP contribution in [0.4, 0.5) is 0 Å². The third kappa shape index (κ3) is 4.10. The van der Waals surface area contributed by atoms with Gasteiger partial charge in [-0.1, -0.05) is 45.0 Å². The monoisotopic (exact) mass is 269 g/mol. The second kappa shape index (κ2) is 5.85. The van der Waals surface area contributed by atoms with E-state index in [1.165, 1.54) is 21.7 Å². The molecule has 0 N–H and O–H groups in total. The smallest absolute Gasteiger partial charge is 0.210 e. The summed E-state index contributed by atoms with van der Waals surface area (Å²) in [7, 11) is -1.47. The third-order valence-electron chi connectivity index (χ3n) is 3.27. The topological polar surface area (TPSA) is 37.4 Å². The van der Waals surface area contributed by atoms with Crippen molar-refractivity contribution in [1.82, 2.24) is 4.31 Å². The van der Waals surface area contributed by atoms with Crippen LogP contribution in [-0.2, 0) is 10.0 Å². The fraction of sp³-hybridized carbons (Fsp3) is 0.571. The van der Waals surface area contributed by atoms with Crippen LogP contribution in [0.15, 0.2) is 24.3 Å². The van der Waals surface area contributed by atoms with Gasteiger partial charge in [0.1, 0.15) is 0 Å². The largest absolute Gasteiger partial charge is 0.213 e. The lowest BCUT2D eigenvalue weighted by molar-refractivity contribution is 0.451. The Morgan fingerprint density at radius 2 is 1.50 bits per heavy atom. The average Bonchev–Trinajstić information content (AvgIpc) is 2.27. The Morgan fingerprint density at radius 1 is 1.06 bits per heavy atom. The second-order valence-electron chi connectivity index (χ2n) is 5.27. The molecule has 102 valence electrons. The van der Waals surface area contributed by atoms with Gasteiger partial charge in [-0.3, -0.25) is 0 Å². The average molecular weight is 269 g/mol. The molecular weight excluding hydrogens is 246 g/mol. The van der Waals surface area contributed by atoms with Crippen LogP contribution >= 0.6 is 0 Å². The van der Waals surface area contributed by atoms with E-state index in [0.717, 1.165) is 0 Å². The highest BCUT2D eigenvalue weighted by Gasteiger charge is 2.15. The molecule has 0 saturated heterocycles. The first kappa shape index (κ1) is 15.2. The van der Waals surface area contributed by atoms with Gasteiger partial charge in [0.25, 0.3) is 0 Å². The lowest BCUT2D eigenvalue weighted by Gasteiger charge is -2.20. The quantitative estimate of drug-likeness (QED) is 0.824. The van der Waals surface area contributed by atoms with Gasteiger partial charge in [0.05, 0.1) is 6.26 Å². The Labute approximate surface area is 111 Å². The third-order valence-corrected chi connectivity index (χ3v) is 4.55. The summed E-state index contributed by atoms with van der Waals surface area (Å²) in [4.78, 5) is 0. The van der Waals surface area contributed by atoms with Crippen molar-refractivity contribution in [1.29, 1.82) is 0 Å². The van der Waals surface area contributed by atoms with Crippen molar-refractivity contribution in [3.63, 3.8) is 0 Å². The fourth-order valence-electron chi connectivity index (χ4n) is 1.84. The first-order valence-corrected chi connectivity index (χ1v) is 8.07. The predicted octanol–water partition coefficient (Wildman–Crippen LogP) is 2.80. The number of benzene rings is 1. The highest BCUT2D eigenvalue weighted by atomic mass is 32.2. The van der Waals surface area contributed by atoms with Gasteiger partial charge in [0, 0.05) is 13.6 Å². The molecule has 0 aromatic heterocycles. The zero-order valence-electron chi connectivity index (χ0n) is 11.8. The van der Waals surface area contributed by atoms with Crippen molar-refractivity contribution in [2.75, 3.05) is 19.8 Å². The molecule has 0 fully saturated rings. The highest BCUT2D eigenvalue weighted by Crippen LogP contribution is 2.20. The molecule has 1 unspecified atom stereocenters. The maximum Gasteiger partial charge on any atom is 0.210 e. The van der Waals surface area contributed by atoms with Gasteiger partial charge in [-0.05, 0) is 23.0 Å². The Hall–Kier alpha value is -0.870. The van der Waals surface area contributed by atoms with Gasteiger partial charge < -0.3 is 0 Å². The van der Waals surface area contributed by atoms with Gasteiger partial charge in [-0.15, -0.1) is 0 Å². The first-order chi connectivity index (χ1) is 8.21. The number of hydrogen-bond acceptors (Lipinski definition) is 2. The van der Waals surface area contributed by atoms with Crippen LogP contribution in [0.1, 0.15) is 43.7 Å². The van der Waals surface area contributed by atoms with Gasteiger partial charge in [0.15, 0.2) is 0 Å². The van der Waals surface area contributed by atoms with Gasteiger partial charge in [-0.2, -0.15) is 0 Å². The molecule has 0 aliphatic rings. The molecule has 1 rings (SSSR count). The van der Waals surface area contributed by atoms with E-state index in [-0.39, 0.29) is 5.92 Å². The second-order valence-corrected chi connectivity index (χ2v) is 7.36. The van der Waals surface area contributed by atoms with E-state index in [9.17, 15) is 8.42 Å². The number of rotatable bonds is 5. The molecule has 0 amide bonds. The summed E-state index contributed by atoms with van der Waals surface area (Å²) in [5, 5.41) is 0. The van der Waals surface area contributed by atoms with Crippen molar-refractivity contribution in [2.45, 2.75) is 32.6 Å². The number of hydrogen-bond donors (Lipinski definition) is 0. The van der Waals surface area contributed by atoms with Crippen LogP contribution < -0.4 is 0 Å². The van der Waals surface area contributed by atoms with Crippen LogP contribution in [0.2, 0.25) is 0 Å². The minimum atomic E-state index is -3.09. The van der Waals surface area contributed by atoms with E-state index < -0.39 is 10.0 Å². The maximum absolute atomic E-state index is 11.4. The van der Waals surface area contributed by atoms with E-state index >= 15 is 0 Å². The van der Waals surface area contributed by atoms with Crippen molar-refractivity contribution in [2.24, 2.45) is 0 Å². The van der Waals surface area contributed by atoms with Crippen LogP contribution in [0.25, 0.3) is 0 Å². The van der Waals surface area contributed by atoms with E-state index in [2.05, 4.69) is 38.1 Å². The van der Waals surface area contributed by atoms with Crippen molar-refractivity contribution in [3.05, 3.63) is 35.4 Å². The van der Waals surface area contributed by atoms with E-state index in [0.29, 0.717) is 12.5 Å². The molecular formula is C14H23NO2S. The molecule has 0 spiro atoms. The minimum absolute atomic E-state index is 0.200. The summed E-state index contributed by atoms with van der Waals surface area (Å²) in [5.74, 6) is 0.721. The molecule has 0 saturated carbocycles. The molecule has 0 radical (unpaired) electrons. The standard InChI is InChI=1S/C14H23NO2S/c1-11(2)13-6-8-14(9-7-13)12(3)10-15(4)18(5,16)17/h6-9,11-12H,10H2,1-5H3. The molecule has 4 heteroatoms. The zero-order chi connectivity index (χ0) is 13.9. The molecule has 3 nitrogen and oxygen atoms in total. The van der Waals surface area contributed by atoms with Crippen LogP contribution in [0.5, 0.6) is 0 Å². The Morgan fingerprint density at radius 3 is 1.89 bits per heavy atom. The molecule has 1 aromatic rings. The summed E-state index contributed by atoms with van der Waals surface area (Å²) < 4.78 is 24.1. The molecule has 1 atom stereocenters. The summed E-state index contributed by atoms with van der Waals surface area (Å²) in [5.41, 5.74) is 2.48. The molecule has 0 aliphatic heterocycles. The van der Waals surface area contributed by atoms with E-state index in [1.54, 1.807) is 7.05 Å². The first-order valence-electron chi connectivity index (χ1n) is 6.23. The summed E-state index contributed by atoms with van der Waals surface area (Å²) in [6.45, 7) is 6.89. The SMILES string of the molecule is CC(C)c1ccc(C(C)CN(C)S(C)(=O)=O)cc1. The summed E-state index contributed by atoms with van der Waals surface area (Å²) in [6, 6.07) is 8.43. The van der Waals surface area contributed by atoms with Crippen molar-refractivity contribution in [3.8, 4) is 0 Å². The number of nitrogens with zero attached hydrogens (tertiary/aromatic N) is 1. The van der Waals surface area contributed by atoms with Gasteiger partial charge in [-0.25, -0.2) is 12.7 Å². The summed E-state index contributed by atoms with van der Waals surface area (Å²) >= 11 is 0. The highest BCUT2D eigenvalue weighted by molar-refractivity contribution is 7.88. The number of sulfonamides is 1. The number of likely N-dealkylation sites (N-methyl/N-ethyl adjacent to an activating group) is 1. The molecule has 0 heterocycles. The lowest BCUT2D eigenvalue weighted by atomic mass is 9.96. The maximum atomic E-state index is 11.4. The molecule has 1 aromatic carbocycles. The molecule has 18 heavy (non-hydrogen) atoms. The van der Waals surface area contributed by atoms with E-state index in [1.807, 2.05) is 6.92 Å². The lowest BCUT2D eigenvalue weighted by Crippen LogP contribution is -2.29. The van der Waals surface area contributed by atoms with Crippen LogP contribution in [-0.4, -0.2) is 32.6 Å². The van der Waals surface area contributed by atoms with Crippen molar-refractivity contribution >= 4 is 10.0 Å². The Kier molecular flexibility index (Phi) is 4.93. The van der Waals surface area contributed by atoms with Crippen LogP contribution in [0, 0.1) is 0 Å². The van der Waals surface area contributed by atoms with Crippen molar-refractivity contribution < 1.29 is 8.42 Å². The normalized spacial score (nSPS) is 14.2. The van der Waals surface area contributed by atoms with Gasteiger partial charge in [0.2, 0.25) is 10.0 Å². The molecule has 0 aliphatic carbocycles. The zero-order valence-corrected chi connectivity index (χ0v) is 12.7. The predicted molar refractivity (Wildman–Crippen MR) is 76.4 cm³/mol. The van der Waals surface area contributed by atoms with E-state index in [4.69, 9.17) is 0 Å². The van der Waals surface area contributed by atoms with Crippen LogP contribution in [0.3, 0.4) is 0 Å².